The van der Waals surface area contributed by atoms with Gasteiger partial charge in [-0.1, -0.05) is 42.5 Å². The highest BCUT2D eigenvalue weighted by molar-refractivity contribution is 5.86. The van der Waals surface area contributed by atoms with Gasteiger partial charge in [-0.05, 0) is 47.6 Å². The van der Waals surface area contributed by atoms with E-state index in [1.165, 1.54) is 52.5 Å². The fourth-order valence-electron chi connectivity index (χ4n) is 3.32. The van der Waals surface area contributed by atoms with Crippen molar-refractivity contribution in [2.24, 2.45) is 0 Å². The molecule has 108 valence electrons. The van der Waals surface area contributed by atoms with Crippen LogP contribution in [0.5, 0.6) is 0 Å². The maximum Gasteiger partial charge on any atom is 0.0700 e. The maximum atomic E-state index is 4.57. The van der Waals surface area contributed by atoms with Crippen molar-refractivity contribution in [2.45, 2.75) is 32.1 Å². The first-order valence-corrected chi connectivity index (χ1v) is 7.43. The number of H-pyrrole nitrogens is 1. The van der Waals surface area contributed by atoms with Gasteiger partial charge in [0.2, 0.25) is 0 Å². The minimum atomic E-state index is 0. The molecule has 2 nitrogen and oxygen atoms in total. The van der Waals surface area contributed by atoms with Gasteiger partial charge in [-0.25, -0.2) is 0 Å². The number of aryl methyl sites for hydroxylation is 1. The molecular formula is C18H19ClN2. The zero-order chi connectivity index (χ0) is 13.4. The Hall–Kier alpha value is -1.80. The summed E-state index contributed by atoms with van der Waals surface area (Å²) < 4.78 is 0. The molecule has 1 aromatic heterocycles. The van der Waals surface area contributed by atoms with Gasteiger partial charge >= 0.3 is 0 Å². The third kappa shape index (κ3) is 2.56. The number of fused-ring (bicyclic) bond motifs is 2. The van der Waals surface area contributed by atoms with Crippen LogP contribution in [0, 0.1) is 0 Å². The molecule has 1 heterocycles. The molecule has 3 aromatic rings. The molecule has 0 saturated heterocycles. The van der Waals surface area contributed by atoms with Crippen molar-refractivity contribution in [3.63, 3.8) is 0 Å². The van der Waals surface area contributed by atoms with Crippen molar-refractivity contribution in [3.8, 4) is 0 Å². The number of aromatic amines is 1. The standard InChI is InChI=1S/C18H18N2.ClH/c1-2-9-15-13(6-1)7-5-8-14(15)12-18-16-10-3-4-11-17(16)19-20-18;/h1-2,5-9H,3-4,10-12H2,(H,19,20);1H. The number of hydrogen-bond donors (Lipinski definition) is 1. The molecule has 1 aliphatic carbocycles. The molecule has 1 aliphatic rings. The average Bonchev–Trinajstić information content (AvgIpc) is 2.91. The van der Waals surface area contributed by atoms with Crippen molar-refractivity contribution in [2.75, 3.05) is 0 Å². The summed E-state index contributed by atoms with van der Waals surface area (Å²) >= 11 is 0. The van der Waals surface area contributed by atoms with Gasteiger partial charge in [-0.3, -0.25) is 5.10 Å². The number of hydrogen-bond acceptors (Lipinski definition) is 1. The molecule has 0 amide bonds. The van der Waals surface area contributed by atoms with E-state index >= 15 is 0 Å². The first kappa shape index (κ1) is 14.2. The van der Waals surface area contributed by atoms with E-state index in [1.54, 1.807) is 0 Å². The molecule has 0 atom stereocenters. The van der Waals surface area contributed by atoms with Crippen LogP contribution in [0.1, 0.15) is 35.4 Å². The highest BCUT2D eigenvalue weighted by Crippen LogP contribution is 2.26. The lowest BCUT2D eigenvalue weighted by Gasteiger charge is -2.12. The zero-order valence-corrected chi connectivity index (χ0v) is 12.7. The Morgan fingerprint density at radius 1 is 0.952 bits per heavy atom. The quantitative estimate of drug-likeness (QED) is 0.744. The van der Waals surface area contributed by atoms with Crippen molar-refractivity contribution in [1.29, 1.82) is 0 Å². The number of nitrogens with zero attached hydrogens (tertiary/aromatic N) is 1. The van der Waals surface area contributed by atoms with Gasteiger partial charge in [-0.15, -0.1) is 12.4 Å². The Morgan fingerprint density at radius 2 is 1.76 bits per heavy atom. The molecule has 0 unspecified atom stereocenters. The number of rotatable bonds is 2. The summed E-state index contributed by atoms with van der Waals surface area (Å²) in [5.41, 5.74) is 5.47. The van der Waals surface area contributed by atoms with E-state index in [-0.39, 0.29) is 12.4 Å². The lowest BCUT2D eigenvalue weighted by molar-refractivity contribution is 0.673. The SMILES string of the molecule is Cl.c1ccc2c(Cc3n[nH]c4c3CCCC4)cccc2c1. The predicted molar refractivity (Wildman–Crippen MR) is 89.2 cm³/mol. The predicted octanol–water partition coefficient (Wildman–Crippen LogP) is 4.45. The second kappa shape index (κ2) is 5.90. The van der Waals surface area contributed by atoms with Crippen LogP contribution in [0.3, 0.4) is 0 Å². The highest BCUT2D eigenvalue weighted by atomic mass is 35.5. The normalized spacial score (nSPS) is 13.7. The van der Waals surface area contributed by atoms with Gasteiger partial charge in [-0.2, -0.15) is 5.10 Å². The monoisotopic (exact) mass is 298 g/mol. The van der Waals surface area contributed by atoms with Crippen LogP contribution in [0.4, 0.5) is 0 Å². The van der Waals surface area contributed by atoms with Crippen LogP contribution >= 0.6 is 12.4 Å². The van der Waals surface area contributed by atoms with Crippen molar-refractivity contribution in [1.82, 2.24) is 10.2 Å². The molecule has 1 N–H and O–H groups in total. The van der Waals surface area contributed by atoms with Gasteiger partial charge < -0.3 is 0 Å². The fourth-order valence-corrected chi connectivity index (χ4v) is 3.32. The average molecular weight is 299 g/mol. The van der Waals surface area contributed by atoms with Gasteiger partial charge in [0.15, 0.2) is 0 Å². The van der Waals surface area contributed by atoms with Crippen LogP contribution in [0.25, 0.3) is 10.8 Å². The fraction of sp³-hybridized carbons (Fsp3) is 0.278. The molecule has 3 heteroatoms. The molecule has 2 aromatic carbocycles. The van der Waals surface area contributed by atoms with Crippen molar-refractivity contribution >= 4 is 23.2 Å². The van der Waals surface area contributed by atoms with E-state index in [4.69, 9.17) is 0 Å². The third-order valence-electron chi connectivity index (χ3n) is 4.38. The molecule has 0 fully saturated rings. The topological polar surface area (TPSA) is 28.7 Å². The number of nitrogens with one attached hydrogen (secondary N) is 1. The maximum absolute atomic E-state index is 4.57. The highest BCUT2D eigenvalue weighted by Gasteiger charge is 2.17. The van der Waals surface area contributed by atoms with Gasteiger partial charge in [0.1, 0.15) is 0 Å². The summed E-state index contributed by atoms with van der Waals surface area (Å²) in [6.45, 7) is 0. The molecule has 4 rings (SSSR count). The third-order valence-corrected chi connectivity index (χ3v) is 4.38. The van der Waals surface area contributed by atoms with Gasteiger partial charge in [0.25, 0.3) is 0 Å². The van der Waals surface area contributed by atoms with Crippen LogP contribution in [-0.2, 0) is 19.3 Å². The van der Waals surface area contributed by atoms with Crippen LogP contribution in [-0.4, -0.2) is 10.2 Å². The second-order valence-electron chi connectivity index (χ2n) is 5.65. The lowest BCUT2D eigenvalue weighted by Crippen LogP contribution is -2.03. The molecular weight excluding hydrogens is 280 g/mol. The molecule has 0 saturated carbocycles. The summed E-state index contributed by atoms with van der Waals surface area (Å²) in [7, 11) is 0. The Kier molecular flexibility index (Phi) is 3.98. The van der Waals surface area contributed by atoms with Gasteiger partial charge in [0.05, 0.1) is 5.69 Å². The molecule has 0 bridgehead atoms. The second-order valence-corrected chi connectivity index (χ2v) is 5.65. The summed E-state index contributed by atoms with van der Waals surface area (Å²) in [5.74, 6) is 0. The zero-order valence-electron chi connectivity index (χ0n) is 11.9. The first-order chi connectivity index (χ1) is 9.92. The lowest BCUT2D eigenvalue weighted by atomic mass is 9.93. The van der Waals surface area contributed by atoms with E-state index in [1.807, 2.05) is 0 Å². The van der Waals surface area contributed by atoms with Crippen LogP contribution in [0.2, 0.25) is 0 Å². The summed E-state index contributed by atoms with van der Waals surface area (Å²) in [6.07, 6.45) is 5.88. The molecule has 0 radical (unpaired) electrons. The van der Waals surface area contributed by atoms with E-state index in [0.29, 0.717) is 0 Å². The largest absolute Gasteiger partial charge is 0.282 e. The molecule has 21 heavy (non-hydrogen) atoms. The van der Waals surface area contributed by atoms with Crippen molar-refractivity contribution in [3.05, 3.63) is 65.0 Å². The van der Waals surface area contributed by atoms with E-state index in [0.717, 1.165) is 12.8 Å². The van der Waals surface area contributed by atoms with Crippen molar-refractivity contribution < 1.29 is 0 Å². The van der Waals surface area contributed by atoms with E-state index in [9.17, 15) is 0 Å². The minimum Gasteiger partial charge on any atom is -0.282 e. The summed E-state index contributed by atoms with van der Waals surface area (Å²) in [6, 6.07) is 15.2. The number of aromatic nitrogens is 2. The number of benzene rings is 2. The van der Waals surface area contributed by atoms with E-state index in [2.05, 4.69) is 52.7 Å². The summed E-state index contributed by atoms with van der Waals surface area (Å²) in [4.78, 5) is 0. The Morgan fingerprint density at radius 3 is 2.71 bits per heavy atom. The Labute approximate surface area is 131 Å². The summed E-state index contributed by atoms with van der Waals surface area (Å²) in [5, 5.41) is 10.5. The van der Waals surface area contributed by atoms with Gasteiger partial charge in [0, 0.05) is 12.1 Å². The first-order valence-electron chi connectivity index (χ1n) is 7.43. The van der Waals surface area contributed by atoms with Crippen LogP contribution in [0.15, 0.2) is 42.5 Å². The molecule has 0 aliphatic heterocycles. The van der Waals surface area contributed by atoms with E-state index < -0.39 is 0 Å². The number of halogens is 1. The Bertz CT molecular complexity index is 756. The van der Waals surface area contributed by atoms with Crippen LogP contribution < -0.4 is 0 Å². The Balaban J connectivity index is 0.00000132. The smallest absolute Gasteiger partial charge is 0.0700 e. The molecule has 0 spiro atoms. The minimum absolute atomic E-state index is 0.